The fourth-order valence-corrected chi connectivity index (χ4v) is 4.46. The summed E-state index contributed by atoms with van der Waals surface area (Å²) in [5.74, 6) is -0.333. The van der Waals surface area contributed by atoms with Gasteiger partial charge in [-0.25, -0.2) is 4.79 Å². The van der Waals surface area contributed by atoms with Crippen LogP contribution >= 0.6 is 0 Å². The molecule has 0 fully saturated rings. The molecular weight excluding hydrogens is 533 g/mol. The third-order valence-corrected chi connectivity index (χ3v) is 6.81. The van der Waals surface area contributed by atoms with Crippen LogP contribution in [0, 0.1) is 6.92 Å². The zero-order chi connectivity index (χ0) is 29.4. The first kappa shape index (κ1) is 29.7. The number of hydrogen-bond acceptors (Lipinski definition) is 3. The maximum atomic E-state index is 13.6. The van der Waals surface area contributed by atoms with Crippen molar-refractivity contribution in [3.8, 4) is 0 Å². The van der Waals surface area contributed by atoms with Crippen molar-refractivity contribution in [1.82, 2.24) is 14.8 Å². The zero-order valence-corrected chi connectivity index (χ0v) is 23.0. The maximum Gasteiger partial charge on any atom is 0.416 e. The Kier molecular flexibility index (Phi) is 9.67. The van der Waals surface area contributed by atoms with Gasteiger partial charge in [0, 0.05) is 49.5 Å². The summed E-state index contributed by atoms with van der Waals surface area (Å²) in [6.45, 7) is 2.52. The van der Waals surface area contributed by atoms with Crippen LogP contribution in [0.5, 0.6) is 0 Å². The maximum absolute atomic E-state index is 13.6. The van der Waals surface area contributed by atoms with E-state index < -0.39 is 17.8 Å². The molecule has 1 aromatic heterocycles. The Balaban J connectivity index is 1.52. The molecule has 3 amide bonds. The lowest BCUT2D eigenvalue weighted by atomic mass is 10.1. The highest BCUT2D eigenvalue weighted by atomic mass is 19.4. The Morgan fingerprint density at radius 1 is 0.927 bits per heavy atom. The normalized spacial score (nSPS) is 11.4. The number of halogens is 3. The Hall–Kier alpha value is -4.31. The van der Waals surface area contributed by atoms with E-state index in [1.54, 1.807) is 17.0 Å². The minimum atomic E-state index is -4.45. The van der Waals surface area contributed by atoms with Crippen LogP contribution in [0.3, 0.4) is 0 Å². The first-order valence-electron chi connectivity index (χ1n) is 13.2. The van der Waals surface area contributed by atoms with E-state index >= 15 is 0 Å². The van der Waals surface area contributed by atoms with Crippen molar-refractivity contribution in [2.45, 2.75) is 26.1 Å². The Morgan fingerprint density at radius 3 is 2.32 bits per heavy atom. The molecule has 4 aromatic rings. The summed E-state index contributed by atoms with van der Waals surface area (Å²) < 4.78 is 44.4. The van der Waals surface area contributed by atoms with Gasteiger partial charge in [0.2, 0.25) is 5.91 Å². The van der Waals surface area contributed by atoms with Crippen LogP contribution in [0.25, 0.3) is 10.9 Å². The number of anilines is 1. The predicted molar refractivity (Wildman–Crippen MR) is 153 cm³/mol. The molecule has 216 valence electrons. The Morgan fingerprint density at radius 2 is 1.63 bits per heavy atom. The quantitative estimate of drug-likeness (QED) is 0.225. The fraction of sp³-hybridized carbons (Fsp3) is 0.290. The smallest absolute Gasteiger partial charge is 0.383 e. The largest absolute Gasteiger partial charge is 0.416 e. The topological polar surface area (TPSA) is 77.7 Å². The van der Waals surface area contributed by atoms with E-state index in [2.05, 4.69) is 10.3 Å². The van der Waals surface area contributed by atoms with Gasteiger partial charge >= 0.3 is 12.2 Å². The molecule has 2 N–H and O–H groups in total. The highest BCUT2D eigenvalue weighted by molar-refractivity contribution is 5.92. The van der Waals surface area contributed by atoms with Crippen molar-refractivity contribution in [3.63, 3.8) is 0 Å². The second-order valence-corrected chi connectivity index (χ2v) is 9.83. The molecule has 0 bridgehead atoms. The van der Waals surface area contributed by atoms with Gasteiger partial charge in [-0.05, 0) is 54.8 Å². The standard InChI is InChI=1S/C31H33F3N4O3/c1-22-7-13-26(14-8-22)36-30(40)38(17-18-41-2)21-29(39)37(20-23-9-11-25(12-10-23)31(32,33)34)16-15-24-19-35-28-6-4-3-5-27(24)28/h3-14,19,35H,15-18,20-21H2,1-2H3,(H,36,40). The van der Waals surface area contributed by atoms with Gasteiger partial charge in [-0.1, -0.05) is 48.0 Å². The van der Waals surface area contributed by atoms with Crippen molar-refractivity contribution in [2.75, 3.05) is 38.7 Å². The number of aromatic amines is 1. The van der Waals surface area contributed by atoms with Gasteiger partial charge in [0.25, 0.3) is 0 Å². The fourth-order valence-electron chi connectivity index (χ4n) is 4.46. The number of nitrogens with one attached hydrogen (secondary N) is 2. The number of carbonyl (C=O) groups excluding carboxylic acids is 2. The van der Waals surface area contributed by atoms with Gasteiger partial charge in [-0.3, -0.25) is 4.79 Å². The molecule has 0 saturated carbocycles. The van der Waals surface area contributed by atoms with Gasteiger partial charge in [0.05, 0.1) is 12.2 Å². The lowest BCUT2D eigenvalue weighted by Gasteiger charge is -2.28. The number of ether oxygens (including phenoxy) is 1. The van der Waals surface area contributed by atoms with Gasteiger partial charge in [-0.2, -0.15) is 13.2 Å². The summed E-state index contributed by atoms with van der Waals surface area (Å²) in [7, 11) is 1.51. The summed E-state index contributed by atoms with van der Waals surface area (Å²) in [4.78, 5) is 32.9. The highest BCUT2D eigenvalue weighted by Crippen LogP contribution is 2.29. The monoisotopic (exact) mass is 566 g/mol. The lowest BCUT2D eigenvalue weighted by Crippen LogP contribution is -2.46. The van der Waals surface area contributed by atoms with E-state index in [1.165, 1.54) is 24.1 Å². The lowest BCUT2D eigenvalue weighted by molar-refractivity contribution is -0.137. The zero-order valence-electron chi connectivity index (χ0n) is 23.0. The van der Waals surface area contributed by atoms with Crippen LogP contribution in [0.2, 0.25) is 0 Å². The molecule has 41 heavy (non-hydrogen) atoms. The molecule has 0 radical (unpaired) electrons. The Labute approximate surface area is 236 Å². The van der Waals surface area contributed by atoms with E-state index in [9.17, 15) is 22.8 Å². The SMILES string of the molecule is COCCN(CC(=O)N(CCc1c[nH]c2ccccc12)Cc1ccc(C(F)(F)F)cc1)C(=O)Nc1ccc(C)cc1. The van der Waals surface area contributed by atoms with Gasteiger partial charge in [-0.15, -0.1) is 0 Å². The molecule has 1 heterocycles. The van der Waals surface area contributed by atoms with Crippen LogP contribution in [0.15, 0.2) is 79.0 Å². The number of methoxy groups -OCH3 is 1. The number of benzene rings is 3. The highest BCUT2D eigenvalue weighted by Gasteiger charge is 2.30. The van der Waals surface area contributed by atoms with Crippen molar-refractivity contribution in [2.24, 2.45) is 0 Å². The molecule has 10 heteroatoms. The van der Waals surface area contributed by atoms with Crippen LogP contribution in [-0.2, 0) is 28.7 Å². The number of amides is 3. The van der Waals surface area contributed by atoms with E-state index in [0.29, 0.717) is 24.2 Å². The molecular formula is C31H33F3N4O3. The molecule has 0 spiro atoms. The molecule has 0 aliphatic carbocycles. The number of hydrogen-bond donors (Lipinski definition) is 2. The van der Waals surface area contributed by atoms with E-state index in [0.717, 1.165) is 34.2 Å². The Bertz CT molecular complexity index is 1450. The third kappa shape index (κ3) is 8.11. The summed E-state index contributed by atoms with van der Waals surface area (Å²) >= 11 is 0. The second-order valence-electron chi connectivity index (χ2n) is 9.83. The van der Waals surface area contributed by atoms with E-state index in [-0.39, 0.29) is 32.1 Å². The van der Waals surface area contributed by atoms with Crippen LogP contribution in [0.1, 0.15) is 22.3 Å². The number of para-hydroxylation sites is 1. The summed E-state index contributed by atoms with van der Waals surface area (Å²) in [5.41, 5.74) is 3.43. The number of rotatable bonds is 11. The van der Waals surface area contributed by atoms with Crippen LogP contribution in [-0.4, -0.2) is 60.1 Å². The molecule has 7 nitrogen and oxygen atoms in total. The van der Waals surface area contributed by atoms with Crippen molar-refractivity contribution in [3.05, 3.63) is 101 Å². The second kappa shape index (κ2) is 13.4. The summed E-state index contributed by atoms with van der Waals surface area (Å²) in [5, 5.41) is 3.85. The molecule has 0 saturated heterocycles. The number of H-pyrrole nitrogens is 1. The average Bonchev–Trinajstić information content (AvgIpc) is 3.37. The van der Waals surface area contributed by atoms with Crippen molar-refractivity contribution in [1.29, 1.82) is 0 Å². The number of aryl methyl sites for hydroxylation is 1. The molecule has 0 atom stereocenters. The number of fused-ring (bicyclic) bond motifs is 1. The van der Waals surface area contributed by atoms with Gasteiger partial charge in [0.15, 0.2) is 0 Å². The van der Waals surface area contributed by atoms with Crippen LogP contribution < -0.4 is 5.32 Å². The first-order valence-corrected chi connectivity index (χ1v) is 13.2. The third-order valence-electron chi connectivity index (χ3n) is 6.81. The number of carbonyl (C=O) groups is 2. The number of aromatic nitrogens is 1. The van der Waals surface area contributed by atoms with Crippen LogP contribution in [0.4, 0.5) is 23.7 Å². The number of alkyl halides is 3. The predicted octanol–water partition coefficient (Wildman–Crippen LogP) is 6.25. The minimum Gasteiger partial charge on any atom is -0.383 e. The van der Waals surface area contributed by atoms with Crippen molar-refractivity contribution < 1.29 is 27.5 Å². The van der Waals surface area contributed by atoms with Gasteiger partial charge in [0.1, 0.15) is 6.54 Å². The van der Waals surface area contributed by atoms with E-state index in [1.807, 2.05) is 49.5 Å². The first-order chi connectivity index (χ1) is 19.6. The molecule has 4 rings (SSSR count). The van der Waals surface area contributed by atoms with Crippen molar-refractivity contribution >= 4 is 28.5 Å². The molecule has 0 aliphatic rings. The summed E-state index contributed by atoms with van der Waals surface area (Å²) in [6, 6.07) is 19.4. The van der Waals surface area contributed by atoms with E-state index in [4.69, 9.17) is 4.74 Å². The minimum absolute atomic E-state index is 0.0943. The molecule has 0 aliphatic heterocycles. The summed E-state index contributed by atoms with van der Waals surface area (Å²) in [6.07, 6.45) is -2.04. The number of urea groups is 1. The molecule has 3 aromatic carbocycles. The molecule has 0 unspecified atom stereocenters. The number of nitrogens with zero attached hydrogens (tertiary/aromatic N) is 2. The van der Waals surface area contributed by atoms with Gasteiger partial charge < -0.3 is 24.8 Å². The average molecular weight is 567 g/mol.